The van der Waals surface area contributed by atoms with E-state index in [-0.39, 0.29) is 23.3 Å². The number of nitrogens with zero attached hydrogens (tertiary/aromatic N) is 2. The number of carbonyl (C=O) groups is 1. The van der Waals surface area contributed by atoms with Crippen LogP contribution in [0.1, 0.15) is 43.2 Å². The van der Waals surface area contributed by atoms with Gasteiger partial charge in [0.15, 0.2) is 5.75 Å². The highest BCUT2D eigenvalue weighted by Gasteiger charge is 2.33. The fraction of sp³-hybridized carbons (Fsp3) is 0.400. The number of fused-ring (bicyclic) bond motifs is 1. The van der Waals surface area contributed by atoms with E-state index in [1.165, 1.54) is 7.11 Å². The van der Waals surface area contributed by atoms with Crippen molar-refractivity contribution < 1.29 is 14.3 Å². The minimum atomic E-state index is -0.678. The van der Waals surface area contributed by atoms with Crippen molar-refractivity contribution in [3.05, 3.63) is 51.8 Å². The molecule has 32 heavy (non-hydrogen) atoms. The van der Waals surface area contributed by atoms with Crippen LogP contribution in [0.3, 0.4) is 0 Å². The Morgan fingerprint density at radius 3 is 2.69 bits per heavy atom. The van der Waals surface area contributed by atoms with Crippen LogP contribution in [0.15, 0.2) is 35.1 Å². The highest BCUT2D eigenvalue weighted by Crippen LogP contribution is 2.39. The Morgan fingerprint density at radius 2 is 2.03 bits per heavy atom. The molecule has 2 aromatic heterocycles. The Kier molecular flexibility index (Phi) is 5.67. The first-order valence-corrected chi connectivity index (χ1v) is 10.9. The van der Waals surface area contributed by atoms with E-state index < -0.39 is 11.4 Å². The van der Waals surface area contributed by atoms with Gasteiger partial charge in [-0.3, -0.25) is 4.79 Å². The molecule has 1 saturated heterocycles. The van der Waals surface area contributed by atoms with Gasteiger partial charge in [-0.25, -0.2) is 9.78 Å². The molecule has 1 aliphatic heterocycles. The van der Waals surface area contributed by atoms with Gasteiger partial charge >= 0.3 is 5.97 Å². The Bertz CT molecular complexity index is 1250. The molecule has 7 nitrogen and oxygen atoms in total. The van der Waals surface area contributed by atoms with Gasteiger partial charge in [-0.1, -0.05) is 32.0 Å². The zero-order valence-corrected chi connectivity index (χ0v) is 19.2. The summed E-state index contributed by atoms with van der Waals surface area (Å²) in [6.07, 6.45) is 1.03. The molecule has 0 unspecified atom stereocenters. The normalized spacial score (nSPS) is 15.2. The van der Waals surface area contributed by atoms with E-state index in [2.05, 4.69) is 23.7 Å². The van der Waals surface area contributed by atoms with Crippen molar-refractivity contribution >= 4 is 22.7 Å². The molecule has 4 rings (SSSR count). The van der Waals surface area contributed by atoms with Crippen LogP contribution >= 0.6 is 0 Å². The molecular formula is C25H29N3O4. The minimum Gasteiger partial charge on any atom is -0.491 e. The van der Waals surface area contributed by atoms with Gasteiger partial charge in [-0.15, -0.1) is 0 Å². The average Bonchev–Trinajstić information content (AvgIpc) is 3.12. The van der Waals surface area contributed by atoms with Crippen LogP contribution in [0, 0.1) is 12.3 Å². The van der Waals surface area contributed by atoms with Crippen molar-refractivity contribution in [2.75, 3.05) is 31.7 Å². The molecule has 1 aliphatic rings. The molecule has 168 valence electrons. The summed E-state index contributed by atoms with van der Waals surface area (Å²) in [5, 5.41) is 0.925. The number of para-hydroxylation sites is 1. The molecule has 0 saturated carbocycles. The van der Waals surface area contributed by atoms with Gasteiger partial charge in [0.25, 0.3) is 0 Å². The number of methoxy groups -OCH3 is 1. The highest BCUT2D eigenvalue weighted by atomic mass is 16.5. The van der Waals surface area contributed by atoms with Gasteiger partial charge in [0.2, 0.25) is 5.43 Å². The first kappa shape index (κ1) is 21.9. The summed E-state index contributed by atoms with van der Waals surface area (Å²) in [7, 11) is 1.42. The third-order valence-corrected chi connectivity index (χ3v) is 5.97. The quantitative estimate of drug-likeness (QED) is 0.601. The molecule has 0 atom stereocenters. The predicted molar refractivity (Wildman–Crippen MR) is 126 cm³/mol. The molecule has 3 aromatic rings. The third kappa shape index (κ3) is 3.83. The number of benzene rings is 1. The summed E-state index contributed by atoms with van der Waals surface area (Å²) in [4.78, 5) is 36.6. The number of ether oxygens (including phenoxy) is 2. The topological polar surface area (TPSA) is 84.5 Å². The zero-order valence-electron chi connectivity index (χ0n) is 19.2. The summed E-state index contributed by atoms with van der Waals surface area (Å²) in [5.74, 6) is 0.178. The van der Waals surface area contributed by atoms with Crippen molar-refractivity contribution in [3.8, 4) is 17.0 Å². The van der Waals surface area contributed by atoms with Gasteiger partial charge in [-0.05, 0) is 37.8 Å². The van der Waals surface area contributed by atoms with E-state index >= 15 is 0 Å². The second kappa shape index (κ2) is 8.30. The molecule has 0 spiro atoms. The molecule has 0 bridgehead atoms. The van der Waals surface area contributed by atoms with Gasteiger partial charge in [0.05, 0.1) is 30.6 Å². The molecule has 0 radical (unpaired) electrons. The first-order chi connectivity index (χ1) is 15.3. The second-order valence-corrected chi connectivity index (χ2v) is 8.97. The van der Waals surface area contributed by atoms with Crippen molar-refractivity contribution in [3.63, 3.8) is 0 Å². The van der Waals surface area contributed by atoms with Crippen molar-refractivity contribution in [2.24, 2.45) is 5.41 Å². The number of pyridine rings is 2. The smallest absolute Gasteiger partial charge is 0.344 e. The van der Waals surface area contributed by atoms with Crippen LogP contribution in [0.4, 0.5) is 5.82 Å². The Morgan fingerprint density at radius 1 is 1.28 bits per heavy atom. The van der Waals surface area contributed by atoms with Crippen LogP contribution in [0.2, 0.25) is 0 Å². The number of rotatable bonds is 5. The summed E-state index contributed by atoms with van der Waals surface area (Å²) in [5.41, 5.74) is 2.11. The summed E-state index contributed by atoms with van der Waals surface area (Å²) in [6.45, 7) is 9.78. The molecule has 1 aromatic carbocycles. The SMILES string of the molecule is CCOC(=O)c1c(-c2cc3ccccc3nc2N2CCC(C)(C)C2)[nH]c(C)c(OC)c1=O. The van der Waals surface area contributed by atoms with E-state index in [9.17, 15) is 9.59 Å². The summed E-state index contributed by atoms with van der Waals surface area (Å²) in [6, 6.07) is 9.83. The number of hydrogen-bond acceptors (Lipinski definition) is 6. The number of aromatic nitrogens is 2. The summed E-state index contributed by atoms with van der Waals surface area (Å²) >= 11 is 0. The fourth-order valence-electron chi connectivity index (χ4n) is 4.37. The maximum Gasteiger partial charge on any atom is 0.344 e. The van der Waals surface area contributed by atoms with Crippen LogP contribution in [-0.4, -0.2) is 42.7 Å². The number of carbonyl (C=O) groups excluding carboxylic acids is 1. The lowest BCUT2D eigenvalue weighted by Gasteiger charge is -2.24. The summed E-state index contributed by atoms with van der Waals surface area (Å²) < 4.78 is 10.5. The second-order valence-electron chi connectivity index (χ2n) is 8.97. The van der Waals surface area contributed by atoms with Gasteiger partial charge in [-0.2, -0.15) is 0 Å². The lowest BCUT2D eigenvalue weighted by Crippen LogP contribution is -2.26. The minimum absolute atomic E-state index is 0.0638. The first-order valence-electron chi connectivity index (χ1n) is 10.9. The lowest BCUT2D eigenvalue weighted by atomic mass is 9.93. The molecule has 0 amide bonds. The fourth-order valence-corrected chi connectivity index (χ4v) is 4.37. The maximum absolute atomic E-state index is 13.3. The Balaban J connectivity index is 2.03. The number of aryl methyl sites for hydroxylation is 1. The van der Waals surface area contributed by atoms with Gasteiger partial charge in [0, 0.05) is 24.0 Å². The van der Waals surface area contributed by atoms with Gasteiger partial charge in [0.1, 0.15) is 11.4 Å². The lowest BCUT2D eigenvalue weighted by molar-refractivity contribution is 0.0525. The van der Waals surface area contributed by atoms with Crippen LogP contribution < -0.4 is 15.1 Å². The predicted octanol–water partition coefficient (Wildman–Crippen LogP) is 4.32. The molecule has 0 aliphatic carbocycles. The third-order valence-electron chi connectivity index (χ3n) is 5.97. The number of H-pyrrole nitrogens is 1. The van der Waals surface area contributed by atoms with Crippen LogP contribution in [-0.2, 0) is 4.74 Å². The van der Waals surface area contributed by atoms with E-state index in [4.69, 9.17) is 14.5 Å². The van der Waals surface area contributed by atoms with E-state index in [1.54, 1.807) is 13.8 Å². The number of anilines is 1. The highest BCUT2D eigenvalue weighted by molar-refractivity contribution is 6.00. The number of aromatic amines is 1. The molecule has 7 heteroatoms. The maximum atomic E-state index is 13.3. The van der Waals surface area contributed by atoms with E-state index in [0.717, 1.165) is 36.2 Å². The Hall–Kier alpha value is -3.35. The monoisotopic (exact) mass is 435 g/mol. The Labute approximate surface area is 187 Å². The molecule has 1 fully saturated rings. The number of nitrogens with one attached hydrogen (secondary N) is 1. The number of hydrogen-bond donors (Lipinski definition) is 1. The number of esters is 1. The standard InChI is InChI=1S/C25H29N3O4/c1-6-32-24(30)19-20(26-15(2)22(31-5)21(19)29)17-13-16-9-7-8-10-18(16)27-23(17)28-12-11-25(3,4)14-28/h7-10,13H,6,11-12,14H2,1-5H3,(H,26,29). The zero-order chi connectivity index (χ0) is 23.0. The largest absolute Gasteiger partial charge is 0.491 e. The van der Waals surface area contributed by atoms with E-state index in [1.807, 2.05) is 30.3 Å². The van der Waals surface area contributed by atoms with Crippen LogP contribution in [0.5, 0.6) is 5.75 Å². The van der Waals surface area contributed by atoms with Crippen molar-refractivity contribution in [2.45, 2.75) is 34.1 Å². The van der Waals surface area contributed by atoms with E-state index in [0.29, 0.717) is 17.0 Å². The molecular weight excluding hydrogens is 406 g/mol. The van der Waals surface area contributed by atoms with Crippen molar-refractivity contribution in [1.29, 1.82) is 0 Å². The average molecular weight is 436 g/mol. The van der Waals surface area contributed by atoms with Gasteiger partial charge < -0.3 is 19.4 Å². The molecule has 3 heterocycles. The van der Waals surface area contributed by atoms with Crippen molar-refractivity contribution in [1.82, 2.24) is 9.97 Å². The van der Waals surface area contributed by atoms with Crippen LogP contribution in [0.25, 0.3) is 22.2 Å². The molecule has 1 N–H and O–H groups in total.